The zero-order valence-electron chi connectivity index (χ0n) is 12.5. The van der Waals surface area contributed by atoms with E-state index in [2.05, 4.69) is 0 Å². The van der Waals surface area contributed by atoms with Gasteiger partial charge in [-0.25, -0.2) is 0 Å². The predicted molar refractivity (Wildman–Crippen MR) is 98.3 cm³/mol. The molecule has 24 heavy (non-hydrogen) atoms. The highest BCUT2D eigenvalue weighted by molar-refractivity contribution is 6.36. The van der Waals surface area contributed by atoms with Gasteiger partial charge in [0.15, 0.2) is 0 Å². The molecule has 0 amide bonds. The summed E-state index contributed by atoms with van der Waals surface area (Å²) in [5.74, 6) is 1.94. The Balaban J connectivity index is 1.91. The molecule has 0 aliphatic heterocycles. The lowest BCUT2D eigenvalue weighted by molar-refractivity contribution is 0.461. The fourth-order valence-electron chi connectivity index (χ4n) is 2.08. The molecule has 0 fully saturated rings. The molecule has 122 valence electrons. The lowest BCUT2D eigenvalue weighted by atomic mass is 10.3. The fraction of sp³-hybridized carbons (Fsp3) is 0. The molecule has 0 atom stereocenters. The van der Waals surface area contributed by atoms with Crippen molar-refractivity contribution in [3.63, 3.8) is 0 Å². The maximum absolute atomic E-state index is 6.20. The van der Waals surface area contributed by atoms with Crippen LogP contribution in [0.5, 0.6) is 23.0 Å². The van der Waals surface area contributed by atoms with Gasteiger partial charge in [0.1, 0.15) is 23.0 Å². The maximum atomic E-state index is 6.20. The van der Waals surface area contributed by atoms with Crippen molar-refractivity contribution in [2.75, 3.05) is 11.5 Å². The van der Waals surface area contributed by atoms with E-state index in [1.54, 1.807) is 60.7 Å². The number of rotatable bonds is 4. The van der Waals surface area contributed by atoms with Crippen LogP contribution in [-0.4, -0.2) is 0 Å². The molecule has 0 unspecified atom stereocenters. The Morgan fingerprint density at radius 1 is 0.625 bits per heavy atom. The van der Waals surface area contributed by atoms with Gasteiger partial charge in [-0.1, -0.05) is 35.3 Å². The largest absolute Gasteiger partial charge is 0.456 e. The first-order chi connectivity index (χ1) is 11.5. The summed E-state index contributed by atoms with van der Waals surface area (Å²) in [5.41, 5.74) is 12.7. The minimum Gasteiger partial charge on any atom is -0.456 e. The van der Waals surface area contributed by atoms with Gasteiger partial charge in [0, 0.05) is 29.6 Å². The predicted octanol–water partition coefficient (Wildman–Crippen LogP) is 5.74. The van der Waals surface area contributed by atoms with Crippen LogP contribution >= 0.6 is 23.2 Å². The van der Waals surface area contributed by atoms with Gasteiger partial charge in [-0.3, -0.25) is 0 Å². The van der Waals surface area contributed by atoms with Gasteiger partial charge in [0.2, 0.25) is 0 Å². The van der Waals surface area contributed by atoms with Crippen LogP contribution < -0.4 is 20.9 Å². The Hall–Kier alpha value is -2.56. The van der Waals surface area contributed by atoms with E-state index in [4.69, 9.17) is 44.1 Å². The second-order valence-corrected chi connectivity index (χ2v) is 5.88. The van der Waals surface area contributed by atoms with Crippen LogP contribution in [0.2, 0.25) is 10.0 Å². The normalized spacial score (nSPS) is 10.4. The summed E-state index contributed by atoms with van der Waals surface area (Å²) >= 11 is 12.4. The number of halogens is 2. The summed E-state index contributed by atoms with van der Waals surface area (Å²) in [6, 6.07) is 17.3. The summed E-state index contributed by atoms with van der Waals surface area (Å²) in [6.45, 7) is 0. The Morgan fingerprint density at radius 3 is 1.50 bits per heavy atom. The van der Waals surface area contributed by atoms with Crippen LogP contribution in [-0.2, 0) is 0 Å². The number of nitrogen functional groups attached to an aromatic ring is 2. The molecule has 6 heteroatoms. The monoisotopic (exact) mass is 360 g/mol. The standard InChI is InChI=1S/C18H14Cl2N2O2/c19-15-9-16(20)18(24-14-6-2-4-12(22)8-14)10-17(15)23-13-5-1-3-11(21)7-13/h1-10H,21-22H2. The Morgan fingerprint density at radius 2 is 1.08 bits per heavy atom. The second-order valence-electron chi connectivity index (χ2n) is 5.06. The Bertz CT molecular complexity index is 816. The van der Waals surface area contributed by atoms with Crippen molar-refractivity contribution in [2.24, 2.45) is 0 Å². The maximum Gasteiger partial charge on any atom is 0.149 e. The highest BCUT2D eigenvalue weighted by atomic mass is 35.5. The van der Waals surface area contributed by atoms with Crippen molar-refractivity contribution < 1.29 is 9.47 Å². The molecule has 0 saturated heterocycles. The molecule has 0 aliphatic rings. The van der Waals surface area contributed by atoms with Gasteiger partial charge in [-0.05, 0) is 30.3 Å². The average molecular weight is 361 g/mol. The first-order valence-corrected chi connectivity index (χ1v) is 7.83. The van der Waals surface area contributed by atoms with E-state index in [-0.39, 0.29) is 0 Å². The lowest BCUT2D eigenvalue weighted by Crippen LogP contribution is -1.92. The SMILES string of the molecule is Nc1cccc(Oc2cc(Oc3cccc(N)c3)c(Cl)cc2Cl)c1. The van der Waals surface area contributed by atoms with E-state index < -0.39 is 0 Å². The number of hydrogen-bond acceptors (Lipinski definition) is 4. The third-order valence-electron chi connectivity index (χ3n) is 3.16. The summed E-state index contributed by atoms with van der Waals surface area (Å²) in [7, 11) is 0. The molecule has 4 nitrogen and oxygen atoms in total. The van der Waals surface area contributed by atoms with Gasteiger partial charge < -0.3 is 20.9 Å². The fourth-order valence-corrected chi connectivity index (χ4v) is 2.54. The van der Waals surface area contributed by atoms with Crippen LogP contribution in [0, 0.1) is 0 Å². The highest BCUT2D eigenvalue weighted by Crippen LogP contribution is 2.40. The number of benzene rings is 3. The van der Waals surface area contributed by atoms with Gasteiger partial charge in [0.05, 0.1) is 10.0 Å². The number of ether oxygens (including phenoxy) is 2. The van der Waals surface area contributed by atoms with E-state index in [9.17, 15) is 0 Å². The number of anilines is 2. The molecule has 3 aromatic rings. The van der Waals surface area contributed by atoms with Gasteiger partial charge in [0.25, 0.3) is 0 Å². The smallest absolute Gasteiger partial charge is 0.149 e. The lowest BCUT2D eigenvalue weighted by Gasteiger charge is -2.13. The molecule has 0 bridgehead atoms. The van der Waals surface area contributed by atoms with Gasteiger partial charge in [-0.2, -0.15) is 0 Å². The molecular weight excluding hydrogens is 347 g/mol. The molecule has 0 spiro atoms. The first kappa shape index (κ1) is 16.3. The molecular formula is C18H14Cl2N2O2. The molecule has 3 rings (SSSR count). The topological polar surface area (TPSA) is 70.5 Å². The third kappa shape index (κ3) is 3.85. The van der Waals surface area contributed by atoms with Crippen molar-refractivity contribution in [1.82, 2.24) is 0 Å². The summed E-state index contributed by atoms with van der Waals surface area (Å²) in [4.78, 5) is 0. The highest BCUT2D eigenvalue weighted by Gasteiger charge is 2.12. The van der Waals surface area contributed by atoms with Crippen molar-refractivity contribution >= 4 is 34.6 Å². The van der Waals surface area contributed by atoms with E-state index in [1.807, 2.05) is 0 Å². The minimum atomic E-state index is 0.363. The second kappa shape index (κ2) is 6.91. The van der Waals surface area contributed by atoms with E-state index in [0.717, 1.165) is 0 Å². The van der Waals surface area contributed by atoms with Crippen LogP contribution in [0.3, 0.4) is 0 Å². The summed E-state index contributed by atoms with van der Waals surface area (Å²) < 4.78 is 11.5. The van der Waals surface area contributed by atoms with Crippen molar-refractivity contribution in [2.45, 2.75) is 0 Å². The molecule has 0 aromatic heterocycles. The average Bonchev–Trinajstić information content (AvgIpc) is 2.52. The van der Waals surface area contributed by atoms with Crippen molar-refractivity contribution in [3.8, 4) is 23.0 Å². The quantitative estimate of drug-likeness (QED) is 0.581. The molecule has 0 radical (unpaired) electrons. The Kier molecular flexibility index (Phi) is 4.69. The van der Waals surface area contributed by atoms with Gasteiger partial charge in [-0.15, -0.1) is 0 Å². The molecule has 3 aromatic carbocycles. The molecule has 0 saturated carbocycles. The van der Waals surface area contributed by atoms with E-state index >= 15 is 0 Å². The molecule has 0 heterocycles. The summed E-state index contributed by atoms with van der Waals surface area (Å²) in [5, 5.41) is 0.727. The number of hydrogen-bond donors (Lipinski definition) is 2. The zero-order valence-corrected chi connectivity index (χ0v) is 14.0. The zero-order chi connectivity index (χ0) is 17.1. The number of nitrogens with two attached hydrogens (primary N) is 2. The molecule has 4 N–H and O–H groups in total. The summed E-state index contributed by atoms with van der Waals surface area (Å²) in [6.07, 6.45) is 0. The van der Waals surface area contributed by atoms with Crippen molar-refractivity contribution in [1.29, 1.82) is 0 Å². The third-order valence-corrected chi connectivity index (χ3v) is 3.75. The molecule has 0 aliphatic carbocycles. The first-order valence-electron chi connectivity index (χ1n) is 7.07. The van der Waals surface area contributed by atoms with E-state index in [0.29, 0.717) is 44.4 Å². The van der Waals surface area contributed by atoms with Crippen LogP contribution in [0.25, 0.3) is 0 Å². The Labute approximate surface area is 149 Å². The minimum absolute atomic E-state index is 0.363. The van der Waals surface area contributed by atoms with Crippen LogP contribution in [0.4, 0.5) is 11.4 Å². The van der Waals surface area contributed by atoms with E-state index in [1.165, 1.54) is 0 Å². The van der Waals surface area contributed by atoms with Crippen molar-refractivity contribution in [3.05, 3.63) is 70.7 Å². The van der Waals surface area contributed by atoms with Crippen LogP contribution in [0.1, 0.15) is 0 Å². The van der Waals surface area contributed by atoms with Crippen LogP contribution in [0.15, 0.2) is 60.7 Å². The van der Waals surface area contributed by atoms with Gasteiger partial charge >= 0.3 is 0 Å².